The van der Waals surface area contributed by atoms with Crippen LogP contribution in [0, 0.1) is 5.92 Å². The summed E-state index contributed by atoms with van der Waals surface area (Å²) in [5.74, 6) is 1.26. The van der Waals surface area contributed by atoms with Gasteiger partial charge in [0.05, 0.1) is 16.8 Å². The van der Waals surface area contributed by atoms with Gasteiger partial charge in [-0.05, 0) is 74.4 Å². The summed E-state index contributed by atoms with van der Waals surface area (Å²) < 4.78 is 46.9. The summed E-state index contributed by atoms with van der Waals surface area (Å²) in [7, 11) is 1.91. The summed E-state index contributed by atoms with van der Waals surface area (Å²) in [6.45, 7) is 3.31. The number of aryl methyl sites for hydroxylation is 1. The summed E-state index contributed by atoms with van der Waals surface area (Å²) in [4.78, 5) is 15.7. The second kappa shape index (κ2) is 9.41. The van der Waals surface area contributed by atoms with Crippen LogP contribution in [-0.4, -0.2) is 41.2 Å². The molecule has 1 aliphatic heterocycles. The van der Waals surface area contributed by atoms with Gasteiger partial charge in [0.15, 0.2) is 0 Å². The van der Waals surface area contributed by atoms with Crippen LogP contribution in [0.5, 0.6) is 0 Å². The zero-order valence-electron chi connectivity index (χ0n) is 21.5. The Morgan fingerprint density at radius 1 is 1.11 bits per heavy atom. The van der Waals surface area contributed by atoms with E-state index in [1.165, 1.54) is 16.8 Å². The average molecular weight is 525 g/mol. The van der Waals surface area contributed by atoms with Gasteiger partial charge in [0.2, 0.25) is 0 Å². The minimum Gasteiger partial charge on any atom is -0.320 e. The largest absolute Gasteiger partial charge is 0.418 e. The molecule has 10 heteroatoms. The van der Waals surface area contributed by atoms with Gasteiger partial charge in [0, 0.05) is 37.9 Å². The first kappa shape index (κ1) is 24.9. The highest BCUT2D eigenvalue weighted by atomic mass is 19.4. The van der Waals surface area contributed by atoms with Crippen LogP contribution in [-0.2, 0) is 19.8 Å². The number of likely N-dealkylation sites (tertiary alicyclic amines) is 1. The Kier molecular flexibility index (Phi) is 6.17. The fraction of sp³-hybridized carbons (Fsp3) is 0.464. The molecule has 4 aromatic rings. The summed E-state index contributed by atoms with van der Waals surface area (Å²) in [5.41, 5.74) is 0.545. The predicted octanol–water partition coefficient (Wildman–Crippen LogP) is 5.15. The van der Waals surface area contributed by atoms with Gasteiger partial charge < -0.3 is 4.57 Å². The maximum atomic E-state index is 14.2. The lowest BCUT2D eigenvalue weighted by Crippen LogP contribution is -2.27. The van der Waals surface area contributed by atoms with Crippen molar-refractivity contribution in [3.63, 3.8) is 0 Å². The molecule has 0 amide bonds. The number of aromatic nitrogens is 5. The number of pyridine rings is 1. The first-order chi connectivity index (χ1) is 18.2. The Bertz CT molecular complexity index is 1530. The van der Waals surface area contributed by atoms with Crippen molar-refractivity contribution in [2.24, 2.45) is 13.0 Å². The summed E-state index contributed by atoms with van der Waals surface area (Å²) >= 11 is 0. The smallest absolute Gasteiger partial charge is 0.320 e. The maximum Gasteiger partial charge on any atom is 0.418 e. The van der Waals surface area contributed by atoms with Crippen molar-refractivity contribution in [1.82, 2.24) is 28.6 Å². The lowest BCUT2D eigenvalue weighted by molar-refractivity contribution is -0.136. The van der Waals surface area contributed by atoms with E-state index in [1.807, 2.05) is 29.8 Å². The van der Waals surface area contributed by atoms with E-state index in [9.17, 15) is 18.0 Å². The van der Waals surface area contributed by atoms with Crippen molar-refractivity contribution in [1.29, 1.82) is 0 Å². The molecule has 4 heterocycles. The number of hydrogen-bond donors (Lipinski definition) is 0. The van der Waals surface area contributed by atoms with Gasteiger partial charge in [-0.2, -0.15) is 13.2 Å². The van der Waals surface area contributed by atoms with Crippen molar-refractivity contribution in [3.8, 4) is 5.69 Å². The Labute approximate surface area is 218 Å². The number of nitrogens with zero attached hydrogens (tertiary/aromatic N) is 6. The number of alkyl halides is 3. The molecule has 1 saturated carbocycles. The molecule has 2 aliphatic rings. The number of benzene rings is 1. The molecule has 6 rings (SSSR count). The van der Waals surface area contributed by atoms with Gasteiger partial charge in [0.25, 0.3) is 0 Å². The van der Waals surface area contributed by atoms with Gasteiger partial charge in [0.1, 0.15) is 12.2 Å². The predicted molar refractivity (Wildman–Crippen MR) is 137 cm³/mol. The van der Waals surface area contributed by atoms with Crippen LogP contribution in [0.15, 0.2) is 53.8 Å². The van der Waals surface area contributed by atoms with Crippen molar-refractivity contribution >= 4 is 5.52 Å². The van der Waals surface area contributed by atoms with Crippen LogP contribution < -0.4 is 5.69 Å². The molecule has 0 N–H and O–H groups in total. The van der Waals surface area contributed by atoms with Gasteiger partial charge in [-0.3, -0.25) is 13.9 Å². The van der Waals surface area contributed by atoms with E-state index in [-0.39, 0.29) is 11.4 Å². The fourth-order valence-corrected chi connectivity index (χ4v) is 6.05. The molecule has 2 fully saturated rings. The highest BCUT2D eigenvalue weighted by Crippen LogP contribution is 2.43. The van der Waals surface area contributed by atoms with E-state index in [0.29, 0.717) is 29.8 Å². The van der Waals surface area contributed by atoms with Crippen molar-refractivity contribution < 1.29 is 13.2 Å². The van der Waals surface area contributed by atoms with E-state index in [0.717, 1.165) is 54.4 Å². The van der Waals surface area contributed by atoms with Gasteiger partial charge in [-0.1, -0.05) is 18.6 Å². The second-order valence-corrected chi connectivity index (χ2v) is 10.8. The molecule has 1 aromatic carbocycles. The standard InChI is InChI=1S/C28H31F3N6O/c1-18-6-5-11-35(18)14-19-12-23(28(29,30)31)24-16-36(27(38)37(24)15-19)22-10-4-9-21(13-22)25(20-7-3-8-20)26-33-32-17-34(26)2/h4,9-10,12-13,15-18,20,25H,3,5-8,11,14H2,1-2H3/t18-,25-/m1/s1. The molecule has 0 radical (unpaired) electrons. The summed E-state index contributed by atoms with van der Waals surface area (Å²) in [6.07, 6.45) is 5.32. The normalized spacial score (nSPS) is 19.8. The lowest BCUT2D eigenvalue weighted by Gasteiger charge is -2.33. The molecule has 1 saturated heterocycles. The van der Waals surface area contributed by atoms with Crippen LogP contribution in [0.1, 0.15) is 67.5 Å². The molecule has 2 atom stereocenters. The van der Waals surface area contributed by atoms with Crippen molar-refractivity contribution in [2.75, 3.05) is 6.54 Å². The van der Waals surface area contributed by atoms with E-state index >= 15 is 0 Å². The minimum absolute atomic E-state index is 0.00345. The number of fused-ring (bicyclic) bond motifs is 1. The Morgan fingerprint density at radius 3 is 2.55 bits per heavy atom. The number of rotatable bonds is 6. The van der Waals surface area contributed by atoms with Crippen LogP contribution >= 0.6 is 0 Å². The molecule has 200 valence electrons. The zero-order chi connectivity index (χ0) is 26.6. The van der Waals surface area contributed by atoms with E-state index < -0.39 is 17.4 Å². The van der Waals surface area contributed by atoms with E-state index in [2.05, 4.69) is 22.0 Å². The first-order valence-corrected chi connectivity index (χ1v) is 13.2. The molecule has 0 spiro atoms. The summed E-state index contributed by atoms with van der Waals surface area (Å²) in [6, 6.07) is 9.02. The van der Waals surface area contributed by atoms with E-state index in [4.69, 9.17) is 0 Å². The van der Waals surface area contributed by atoms with Gasteiger partial charge in [-0.25, -0.2) is 4.79 Å². The molecule has 0 bridgehead atoms. The first-order valence-electron chi connectivity index (χ1n) is 13.2. The Balaban J connectivity index is 1.44. The number of hydrogen-bond acceptors (Lipinski definition) is 4. The number of imidazole rings is 1. The minimum atomic E-state index is -4.58. The second-order valence-electron chi connectivity index (χ2n) is 10.8. The van der Waals surface area contributed by atoms with Gasteiger partial charge in [-0.15, -0.1) is 10.2 Å². The third-order valence-corrected chi connectivity index (χ3v) is 8.36. The monoisotopic (exact) mass is 524 g/mol. The van der Waals surface area contributed by atoms with Crippen LogP contribution in [0.2, 0.25) is 0 Å². The topological polar surface area (TPSA) is 60.4 Å². The van der Waals surface area contributed by atoms with Crippen LogP contribution in [0.25, 0.3) is 11.2 Å². The third kappa shape index (κ3) is 4.34. The molecular weight excluding hydrogens is 493 g/mol. The van der Waals surface area contributed by atoms with Gasteiger partial charge >= 0.3 is 11.9 Å². The molecule has 1 aliphatic carbocycles. The molecule has 0 unspecified atom stereocenters. The molecule has 3 aromatic heterocycles. The highest BCUT2D eigenvalue weighted by molar-refractivity contribution is 5.58. The highest BCUT2D eigenvalue weighted by Gasteiger charge is 2.36. The molecular formula is C28H31F3N6O. The van der Waals surface area contributed by atoms with Crippen molar-refractivity contribution in [3.05, 3.63) is 82.1 Å². The average Bonchev–Trinajstić information content (AvgIpc) is 3.55. The molecule has 38 heavy (non-hydrogen) atoms. The summed E-state index contributed by atoms with van der Waals surface area (Å²) in [5, 5.41) is 8.42. The maximum absolute atomic E-state index is 14.2. The third-order valence-electron chi connectivity index (χ3n) is 8.36. The molecule has 7 nitrogen and oxygen atoms in total. The zero-order valence-corrected chi connectivity index (χ0v) is 21.5. The van der Waals surface area contributed by atoms with Crippen LogP contribution in [0.3, 0.4) is 0 Å². The van der Waals surface area contributed by atoms with Crippen LogP contribution in [0.4, 0.5) is 13.2 Å². The van der Waals surface area contributed by atoms with Crippen molar-refractivity contribution in [2.45, 2.75) is 63.7 Å². The Morgan fingerprint density at radius 2 is 1.92 bits per heavy atom. The lowest BCUT2D eigenvalue weighted by atomic mass is 9.72. The van der Waals surface area contributed by atoms with E-state index in [1.54, 1.807) is 18.6 Å². The number of halogens is 3. The quantitative estimate of drug-likeness (QED) is 0.350. The Hall–Kier alpha value is -3.40. The SMILES string of the molecule is C[C@@H]1CCCN1Cc1cc(C(F)(F)F)c2cn(-c3cccc([C@H](c4nncn4C)C4CCC4)c3)c(=O)n2c1. The fourth-order valence-electron chi connectivity index (χ4n) is 6.05.